The predicted molar refractivity (Wildman–Crippen MR) is 80.8 cm³/mol. The lowest BCUT2D eigenvalue weighted by atomic mass is 9.88. The molecule has 1 heterocycles. The Bertz CT molecular complexity index is 418. The van der Waals surface area contributed by atoms with E-state index in [1.165, 1.54) is 37.1 Å². The number of hydrogen-bond acceptors (Lipinski definition) is 1. The van der Waals surface area contributed by atoms with E-state index in [0.717, 1.165) is 0 Å². The monoisotopic (exact) mass is 245 g/mol. The second kappa shape index (κ2) is 5.34. The minimum absolute atomic E-state index is 0.615. The zero-order chi connectivity index (χ0) is 13.3. The van der Waals surface area contributed by atoms with E-state index in [-0.39, 0.29) is 0 Å². The van der Waals surface area contributed by atoms with Crippen LogP contribution in [-0.2, 0) is 6.42 Å². The van der Waals surface area contributed by atoms with Crippen molar-refractivity contribution in [3.05, 3.63) is 28.8 Å². The largest absolute Gasteiger partial charge is 0.374 e. The number of rotatable bonds is 2. The summed E-state index contributed by atoms with van der Waals surface area (Å²) < 4.78 is 0. The minimum atomic E-state index is 0.615. The molecule has 0 fully saturated rings. The smallest absolute Gasteiger partial charge is 0.0401 e. The van der Waals surface area contributed by atoms with Crippen molar-refractivity contribution < 1.29 is 0 Å². The maximum absolute atomic E-state index is 2.46. The standard InChI is InChI=1S/C17H27N/c1-12(2)14-10-16(13(3)4)15-8-6-7-9-18(5)17(15)11-14/h10-13H,6-9H2,1-5H3. The topological polar surface area (TPSA) is 3.24 Å². The minimum Gasteiger partial charge on any atom is -0.374 e. The molecule has 0 saturated heterocycles. The van der Waals surface area contributed by atoms with Gasteiger partial charge < -0.3 is 4.90 Å². The molecule has 0 aliphatic carbocycles. The number of fused-ring (bicyclic) bond motifs is 1. The van der Waals surface area contributed by atoms with Crippen LogP contribution in [0.1, 0.15) is 69.1 Å². The van der Waals surface area contributed by atoms with Gasteiger partial charge in [-0.2, -0.15) is 0 Å². The average Bonchev–Trinajstić information content (AvgIpc) is 2.50. The van der Waals surface area contributed by atoms with Gasteiger partial charge in [0, 0.05) is 19.3 Å². The van der Waals surface area contributed by atoms with Crippen molar-refractivity contribution >= 4 is 5.69 Å². The van der Waals surface area contributed by atoms with Gasteiger partial charge in [-0.25, -0.2) is 0 Å². The summed E-state index contributed by atoms with van der Waals surface area (Å²) in [6.07, 6.45) is 3.91. The molecule has 0 atom stereocenters. The van der Waals surface area contributed by atoms with Crippen LogP contribution in [0.15, 0.2) is 12.1 Å². The van der Waals surface area contributed by atoms with E-state index in [2.05, 4.69) is 51.8 Å². The van der Waals surface area contributed by atoms with Crippen LogP contribution < -0.4 is 4.90 Å². The third-order valence-electron chi connectivity index (χ3n) is 4.15. The molecular formula is C17H27N. The lowest BCUT2D eigenvalue weighted by Crippen LogP contribution is -2.18. The summed E-state index contributed by atoms with van der Waals surface area (Å²) in [5.74, 6) is 1.24. The van der Waals surface area contributed by atoms with Gasteiger partial charge in [-0.05, 0) is 53.9 Å². The van der Waals surface area contributed by atoms with Crippen molar-refractivity contribution in [3.8, 4) is 0 Å². The fraction of sp³-hybridized carbons (Fsp3) is 0.647. The summed E-state index contributed by atoms with van der Waals surface area (Å²) in [7, 11) is 2.25. The van der Waals surface area contributed by atoms with Crippen LogP contribution in [0.2, 0.25) is 0 Å². The molecule has 1 heteroatoms. The second-order valence-corrected chi connectivity index (χ2v) is 6.30. The van der Waals surface area contributed by atoms with Gasteiger partial charge in [0.2, 0.25) is 0 Å². The molecule has 1 aromatic carbocycles. The van der Waals surface area contributed by atoms with E-state index in [4.69, 9.17) is 0 Å². The molecule has 0 unspecified atom stereocenters. The Hall–Kier alpha value is -0.980. The molecule has 1 aliphatic heterocycles. The Morgan fingerprint density at radius 3 is 2.33 bits per heavy atom. The lowest BCUT2D eigenvalue weighted by Gasteiger charge is -2.25. The third-order valence-corrected chi connectivity index (χ3v) is 4.15. The maximum atomic E-state index is 2.46. The SMILES string of the molecule is CC(C)c1cc(C(C)C)c2c(c1)N(C)CCCC2. The highest BCUT2D eigenvalue weighted by Gasteiger charge is 2.19. The molecule has 2 rings (SSSR count). The first-order valence-corrected chi connectivity index (χ1v) is 7.38. The zero-order valence-corrected chi connectivity index (χ0v) is 12.6. The van der Waals surface area contributed by atoms with Crippen LogP contribution >= 0.6 is 0 Å². The summed E-state index contributed by atoms with van der Waals surface area (Å²) >= 11 is 0. The van der Waals surface area contributed by atoms with Crippen molar-refractivity contribution in [3.63, 3.8) is 0 Å². The summed E-state index contributed by atoms with van der Waals surface area (Å²) in [4.78, 5) is 2.46. The molecule has 0 radical (unpaired) electrons. The molecule has 0 bridgehead atoms. The summed E-state index contributed by atoms with van der Waals surface area (Å²) in [5.41, 5.74) is 6.16. The van der Waals surface area contributed by atoms with Crippen LogP contribution in [0.5, 0.6) is 0 Å². The van der Waals surface area contributed by atoms with Crippen molar-refractivity contribution in [2.75, 3.05) is 18.5 Å². The van der Waals surface area contributed by atoms with E-state index in [1.807, 2.05) is 0 Å². The highest BCUT2D eigenvalue weighted by molar-refractivity contribution is 5.60. The van der Waals surface area contributed by atoms with E-state index >= 15 is 0 Å². The van der Waals surface area contributed by atoms with Crippen LogP contribution in [0.25, 0.3) is 0 Å². The average molecular weight is 245 g/mol. The fourth-order valence-corrected chi connectivity index (χ4v) is 2.93. The number of benzene rings is 1. The van der Waals surface area contributed by atoms with Gasteiger partial charge in [0.25, 0.3) is 0 Å². The summed E-state index contributed by atoms with van der Waals surface area (Å²) in [6, 6.07) is 4.88. The first-order chi connectivity index (χ1) is 8.50. The molecule has 0 N–H and O–H groups in total. The lowest BCUT2D eigenvalue weighted by molar-refractivity contribution is 0.743. The van der Waals surface area contributed by atoms with Crippen molar-refractivity contribution in [2.45, 2.75) is 58.8 Å². The van der Waals surface area contributed by atoms with E-state index in [0.29, 0.717) is 11.8 Å². The number of hydrogen-bond donors (Lipinski definition) is 0. The molecule has 1 nitrogen and oxygen atoms in total. The van der Waals surface area contributed by atoms with Crippen LogP contribution in [-0.4, -0.2) is 13.6 Å². The third kappa shape index (κ3) is 2.55. The molecule has 1 aliphatic rings. The Kier molecular flexibility index (Phi) is 3.99. The quantitative estimate of drug-likeness (QED) is 0.729. The maximum Gasteiger partial charge on any atom is 0.0401 e. The molecule has 0 amide bonds. The first kappa shape index (κ1) is 13.5. The molecular weight excluding hydrogens is 218 g/mol. The fourth-order valence-electron chi connectivity index (χ4n) is 2.93. The van der Waals surface area contributed by atoms with Gasteiger partial charge in [0.05, 0.1) is 0 Å². The molecule has 18 heavy (non-hydrogen) atoms. The zero-order valence-electron chi connectivity index (χ0n) is 12.6. The number of anilines is 1. The molecule has 0 spiro atoms. The van der Waals surface area contributed by atoms with Gasteiger partial charge in [0.1, 0.15) is 0 Å². The highest BCUT2D eigenvalue weighted by atomic mass is 15.1. The first-order valence-electron chi connectivity index (χ1n) is 7.38. The van der Waals surface area contributed by atoms with Crippen LogP contribution in [0, 0.1) is 0 Å². The Morgan fingerprint density at radius 2 is 1.72 bits per heavy atom. The van der Waals surface area contributed by atoms with Crippen molar-refractivity contribution in [1.82, 2.24) is 0 Å². The van der Waals surface area contributed by atoms with Gasteiger partial charge >= 0.3 is 0 Å². The predicted octanol–water partition coefficient (Wildman–Crippen LogP) is 4.71. The second-order valence-electron chi connectivity index (χ2n) is 6.30. The Balaban J connectivity index is 2.58. The van der Waals surface area contributed by atoms with E-state index in [1.54, 1.807) is 11.1 Å². The van der Waals surface area contributed by atoms with Crippen molar-refractivity contribution in [2.24, 2.45) is 0 Å². The molecule has 100 valence electrons. The molecule has 1 aromatic rings. The summed E-state index contributed by atoms with van der Waals surface area (Å²) in [5, 5.41) is 0. The Morgan fingerprint density at radius 1 is 1.00 bits per heavy atom. The summed E-state index contributed by atoms with van der Waals surface area (Å²) in [6.45, 7) is 10.4. The highest BCUT2D eigenvalue weighted by Crippen LogP contribution is 2.35. The van der Waals surface area contributed by atoms with Crippen LogP contribution in [0.4, 0.5) is 5.69 Å². The van der Waals surface area contributed by atoms with Gasteiger partial charge in [-0.1, -0.05) is 33.8 Å². The van der Waals surface area contributed by atoms with Gasteiger partial charge in [-0.15, -0.1) is 0 Å². The van der Waals surface area contributed by atoms with Crippen molar-refractivity contribution in [1.29, 1.82) is 0 Å². The van der Waals surface area contributed by atoms with Gasteiger partial charge in [0.15, 0.2) is 0 Å². The van der Waals surface area contributed by atoms with E-state index < -0.39 is 0 Å². The number of nitrogens with zero attached hydrogens (tertiary/aromatic N) is 1. The van der Waals surface area contributed by atoms with E-state index in [9.17, 15) is 0 Å². The van der Waals surface area contributed by atoms with Gasteiger partial charge in [-0.3, -0.25) is 0 Å². The normalized spacial score (nSPS) is 16.1. The molecule has 0 saturated carbocycles. The molecule has 0 aromatic heterocycles. The van der Waals surface area contributed by atoms with Crippen LogP contribution in [0.3, 0.4) is 0 Å². The Labute approximate surface area is 112 Å².